The number of carbonyl (C=O) groups excluding carboxylic acids is 1. The Bertz CT molecular complexity index is 663. The second-order valence-corrected chi connectivity index (χ2v) is 9.71. The number of piperazine rings is 1. The van der Waals surface area contributed by atoms with Crippen LogP contribution in [0.4, 0.5) is 0 Å². The highest BCUT2D eigenvalue weighted by Crippen LogP contribution is 2.28. The molecular weight excluding hydrogens is 358 g/mol. The molecule has 9 heteroatoms. The number of hydrogen-bond donors (Lipinski definition) is 0. The number of carbonyl (C=O) groups is 1. The Balaban J connectivity index is 1.56. The van der Waals surface area contributed by atoms with E-state index in [1.807, 2.05) is 0 Å². The van der Waals surface area contributed by atoms with Crippen molar-refractivity contribution >= 4 is 38.9 Å². The van der Waals surface area contributed by atoms with Crippen LogP contribution in [0.1, 0.15) is 12.8 Å². The molecule has 0 radical (unpaired) electrons. The molecule has 0 unspecified atom stereocenters. The number of sulfonamides is 1. The minimum absolute atomic E-state index is 0.100. The smallest absolute Gasteiger partial charge is 0.252 e. The third-order valence-corrected chi connectivity index (χ3v) is 7.89. The molecule has 2 saturated heterocycles. The van der Waals surface area contributed by atoms with Gasteiger partial charge in [0.05, 0.1) is 10.9 Å². The molecule has 0 saturated carbocycles. The van der Waals surface area contributed by atoms with Gasteiger partial charge in [-0.3, -0.25) is 9.69 Å². The van der Waals surface area contributed by atoms with Crippen molar-refractivity contribution in [2.75, 3.05) is 45.8 Å². The van der Waals surface area contributed by atoms with Crippen LogP contribution >= 0.6 is 22.9 Å². The first-order chi connectivity index (χ1) is 11.0. The molecule has 0 N–H and O–H groups in total. The molecule has 23 heavy (non-hydrogen) atoms. The second kappa shape index (κ2) is 7.06. The van der Waals surface area contributed by atoms with E-state index in [4.69, 9.17) is 11.6 Å². The van der Waals surface area contributed by atoms with Gasteiger partial charge >= 0.3 is 0 Å². The Morgan fingerprint density at radius 3 is 2.30 bits per heavy atom. The normalized spacial score (nSPS) is 21.0. The van der Waals surface area contributed by atoms with Crippen molar-refractivity contribution in [1.82, 2.24) is 14.1 Å². The number of hydrogen-bond acceptors (Lipinski definition) is 5. The number of thiophene rings is 1. The average Bonchev–Trinajstić information content (AvgIpc) is 3.19. The van der Waals surface area contributed by atoms with E-state index in [2.05, 4.69) is 4.90 Å². The van der Waals surface area contributed by atoms with Gasteiger partial charge in [0.15, 0.2) is 0 Å². The Hall–Kier alpha value is -0.670. The van der Waals surface area contributed by atoms with Crippen molar-refractivity contribution < 1.29 is 13.2 Å². The zero-order valence-electron chi connectivity index (χ0n) is 12.8. The minimum Gasteiger partial charge on any atom is -0.339 e. The van der Waals surface area contributed by atoms with E-state index >= 15 is 0 Å². The van der Waals surface area contributed by atoms with Crippen LogP contribution in [0.3, 0.4) is 0 Å². The molecule has 0 atom stereocenters. The lowest BCUT2D eigenvalue weighted by atomic mass is 10.3. The summed E-state index contributed by atoms with van der Waals surface area (Å²) in [5.74, 6) is 0.100. The van der Waals surface area contributed by atoms with E-state index < -0.39 is 10.0 Å². The number of halogens is 1. The first-order valence-corrected chi connectivity index (χ1v) is 10.4. The van der Waals surface area contributed by atoms with Crippen LogP contribution in [0.5, 0.6) is 0 Å². The molecule has 0 bridgehead atoms. The predicted octanol–water partition coefficient (Wildman–Crippen LogP) is 1.33. The average molecular weight is 378 g/mol. The third kappa shape index (κ3) is 3.88. The highest BCUT2D eigenvalue weighted by Gasteiger charge is 2.31. The summed E-state index contributed by atoms with van der Waals surface area (Å²) in [5.41, 5.74) is 0. The van der Waals surface area contributed by atoms with Crippen molar-refractivity contribution in [2.45, 2.75) is 17.1 Å². The van der Waals surface area contributed by atoms with Gasteiger partial charge in [-0.2, -0.15) is 4.31 Å². The Kier molecular flexibility index (Phi) is 5.27. The van der Waals surface area contributed by atoms with Gasteiger partial charge in [0.2, 0.25) is 5.91 Å². The van der Waals surface area contributed by atoms with Crippen molar-refractivity contribution in [3.05, 3.63) is 16.5 Å². The van der Waals surface area contributed by atoms with Crippen LogP contribution in [-0.2, 0) is 14.8 Å². The van der Waals surface area contributed by atoms with Crippen molar-refractivity contribution in [3.63, 3.8) is 0 Å². The molecule has 0 spiro atoms. The summed E-state index contributed by atoms with van der Waals surface area (Å²) < 4.78 is 27.2. The SMILES string of the molecule is O=C(CN1CCCC1)N1CCN(S(=O)(=O)c2ccc(Cl)s2)CC1. The van der Waals surface area contributed by atoms with Gasteiger partial charge in [0.25, 0.3) is 10.0 Å². The van der Waals surface area contributed by atoms with E-state index in [1.54, 1.807) is 11.0 Å². The van der Waals surface area contributed by atoms with Crippen LogP contribution < -0.4 is 0 Å². The first-order valence-electron chi connectivity index (χ1n) is 7.72. The number of amides is 1. The largest absolute Gasteiger partial charge is 0.339 e. The fraction of sp³-hybridized carbons (Fsp3) is 0.643. The molecule has 2 aliphatic heterocycles. The summed E-state index contributed by atoms with van der Waals surface area (Å²) in [5, 5.41) is 0. The minimum atomic E-state index is -3.49. The molecule has 128 valence electrons. The first kappa shape index (κ1) is 17.2. The Labute approximate surface area is 145 Å². The zero-order chi connectivity index (χ0) is 16.4. The summed E-state index contributed by atoms with van der Waals surface area (Å²) in [4.78, 5) is 16.2. The van der Waals surface area contributed by atoms with Crippen molar-refractivity contribution in [1.29, 1.82) is 0 Å². The summed E-state index contributed by atoms with van der Waals surface area (Å²) in [7, 11) is -3.49. The van der Waals surface area contributed by atoms with E-state index in [-0.39, 0.29) is 10.1 Å². The number of likely N-dealkylation sites (tertiary alicyclic amines) is 1. The fourth-order valence-corrected chi connectivity index (χ4v) is 6.03. The lowest BCUT2D eigenvalue weighted by Crippen LogP contribution is -2.52. The molecule has 3 rings (SSSR count). The van der Waals surface area contributed by atoms with Gasteiger partial charge in [-0.05, 0) is 38.1 Å². The predicted molar refractivity (Wildman–Crippen MR) is 90.3 cm³/mol. The van der Waals surface area contributed by atoms with Gasteiger partial charge in [-0.15, -0.1) is 11.3 Å². The third-order valence-electron chi connectivity index (χ3n) is 4.29. The topological polar surface area (TPSA) is 60.9 Å². The maximum Gasteiger partial charge on any atom is 0.252 e. The van der Waals surface area contributed by atoms with Crippen LogP contribution in [0, 0.1) is 0 Å². The summed E-state index contributed by atoms with van der Waals surface area (Å²) in [6.45, 7) is 3.99. The van der Waals surface area contributed by atoms with E-state index in [0.717, 1.165) is 37.3 Å². The quantitative estimate of drug-likeness (QED) is 0.794. The monoisotopic (exact) mass is 377 g/mol. The molecule has 1 aromatic heterocycles. The van der Waals surface area contributed by atoms with Crippen molar-refractivity contribution in [3.8, 4) is 0 Å². The molecule has 6 nitrogen and oxygen atoms in total. The molecular formula is C14H20ClN3O3S2. The fourth-order valence-electron chi connectivity index (χ4n) is 2.97. The van der Waals surface area contributed by atoms with Crippen LogP contribution in [0.25, 0.3) is 0 Å². The standard InChI is InChI=1S/C14H20ClN3O3S2/c15-12-3-4-14(22-12)23(20,21)18-9-7-17(8-10-18)13(19)11-16-5-1-2-6-16/h3-4H,1-2,5-11H2. The lowest BCUT2D eigenvalue weighted by Gasteiger charge is -2.34. The Morgan fingerprint density at radius 2 is 1.74 bits per heavy atom. The molecule has 1 amide bonds. The van der Waals surface area contributed by atoms with E-state index in [9.17, 15) is 13.2 Å². The maximum atomic E-state index is 12.5. The second-order valence-electron chi connectivity index (χ2n) is 5.83. The highest BCUT2D eigenvalue weighted by molar-refractivity contribution is 7.91. The molecule has 3 heterocycles. The van der Waals surface area contributed by atoms with Crippen molar-refractivity contribution in [2.24, 2.45) is 0 Å². The van der Waals surface area contributed by atoms with Crippen LogP contribution in [0.15, 0.2) is 16.3 Å². The Morgan fingerprint density at radius 1 is 1.09 bits per heavy atom. The molecule has 1 aromatic rings. The molecule has 0 aromatic carbocycles. The lowest BCUT2D eigenvalue weighted by molar-refractivity contribution is -0.133. The van der Waals surface area contributed by atoms with E-state index in [1.165, 1.54) is 10.4 Å². The zero-order valence-corrected chi connectivity index (χ0v) is 15.2. The maximum absolute atomic E-state index is 12.5. The molecule has 2 aliphatic rings. The van der Waals surface area contributed by atoms with Gasteiger partial charge in [-0.25, -0.2) is 8.42 Å². The highest BCUT2D eigenvalue weighted by atomic mass is 35.5. The van der Waals surface area contributed by atoms with Gasteiger partial charge < -0.3 is 4.90 Å². The number of rotatable bonds is 4. The summed E-state index contributed by atoms with van der Waals surface area (Å²) >= 11 is 6.89. The summed E-state index contributed by atoms with van der Waals surface area (Å²) in [6, 6.07) is 3.13. The molecule has 2 fully saturated rings. The number of nitrogens with zero attached hydrogens (tertiary/aromatic N) is 3. The van der Waals surface area contributed by atoms with Gasteiger partial charge in [0.1, 0.15) is 4.21 Å². The molecule has 0 aliphatic carbocycles. The van der Waals surface area contributed by atoms with Gasteiger partial charge in [0, 0.05) is 26.2 Å². The van der Waals surface area contributed by atoms with Crippen LogP contribution in [0.2, 0.25) is 4.34 Å². The van der Waals surface area contributed by atoms with Gasteiger partial charge in [-0.1, -0.05) is 11.6 Å². The van der Waals surface area contributed by atoms with Crippen LogP contribution in [-0.4, -0.2) is 74.2 Å². The van der Waals surface area contributed by atoms with E-state index in [0.29, 0.717) is 37.1 Å². The summed E-state index contributed by atoms with van der Waals surface area (Å²) in [6.07, 6.45) is 2.31.